The minimum atomic E-state index is 0.0681. The maximum Gasteiger partial charge on any atom is 0.133 e. The molecule has 2 aliphatic heterocycles. The largest absolute Gasteiger partial charge is 0.496 e. The summed E-state index contributed by atoms with van der Waals surface area (Å²) in [5.74, 6) is 3.69. The van der Waals surface area contributed by atoms with Gasteiger partial charge in [0.25, 0.3) is 0 Å². The van der Waals surface area contributed by atoms with Gasteiger partial charge < -0.3 is 15.2 Å². The molecule has 2 heterocycles. The molecule has 2 saturated heterocycles. The molecule has 2 aliphatic rings. The third-order valence-corrected chi connectivity index (χ3v) is 6.51. The van der Waals surface area contributed by atoms with Gasteiger partial charge in [0.1, 0.15) is 5.75 Å². The number of hydrogen-bond acceptors (Lipinski definition) is 4. The Bertz CT molecular complexity index is 505. The Morgan fingerprint density at radius 3 is 3.05 bits per heavy atom. The summed E-state index contributed by atoms with van der Waals surface area (Å²) in [5.41, 5.74) is 7.83. The van der Waals surface area contributed by atoms with Crippen molar-refractivity contribution in [2.75, 3.05) is 25.2 Å². The number of methoxy groups -OCH3 is 1. The molecular weight excluding hydrogens is 350 g/mol. The van der Waals surface area contributed by atoms with E-state index in [4.69, 9.17) is 15.2 Å². The molecular formula is C16H22BrNO2S. The lowest BCUT2D eigenvalue weighted by atomic mass is 9.79. The van der Waals surface area contributed by atoms with Crippen molar-refractivity contribution in [1.29, 1.82) is 0 Å². The summed E-state index contributed by atoms with van der Waals surface area (Å²) < 4.78 is 12.4. The second-order valence-electron chi connectivity index (χ2n) is 6.01. The second kappa shape index (κ2) is 6.49. The first-order valence-electron chi connectivity index (χ1n) is 7.44. The Labute approximate surface area is 139 Å². The van der Waals surface area contributed by atoms with Gasteiger partial charge in [0.05, 0.1) is 17.2 Å². The van der Waals surface area contributed by atoms with Gasteiger partial charge in [-0.15, -0.1) is 0 Å². The third kappa shape index (κ3) is 3.26. The van der Waals surface area contributed by atoms with Crippen LogP contribution >= 0.6 is 27.7 Å². The van der Waals surface area contributed by atoms with E-state index in [0.29, 0.717) is 5.92 Å². The highest BCUT2D eigenvalue weighted by Gasteiger charge is 2.42. The highest BCUT2D eigenvalue weighted by atomic mass is 79.9. The van der Waals surface area contributed by atoms with Crippen molar-refractivity contribution in [2.45, 2.75) is 30.9 Å². The van der Waals surface area contributed by atoms with E-state index in [-0.39, 0.29) is 11.6 Å². The zero-order chi connectivity index (χ0) is 14.9. The van der Waals surface area contributed by atoms with Crippen molar-refractivity contribution < 1.29 is 9.47 Å². The normalized spacial score (nSPS) is 30.5. The Balaban J connectivity index is 1.75. The average Bonchev–Trinajstić information content (AvgIpc) is 2.94. The Hall–Kier alpha value is -0.230. The van der Waals surface area contributed by atoms with E-state index in [9.17, 15) is 0 Å². The summed E-state index contributed by atoms with van der Waals surface area (Å²) in [6.45, 7) is 0.844. The number of ether oxygens (including phenoxy) is 2. The summed E-state index contributed by atoms with van der Waals surface area (Å²) >= 11 is 5.56. The summed E-state index contributed by atoms with van der Waals surface area (Å²) in [7, 11) is 1.68. The molecule has 5 heteroatoms. The molecule has 0 aromatic heterocycles. The van der Waals surface area contributed by atoms with E-state index in [1.54, 1.807) is 7.11 Å². The first-order chi connectivity index (χ1) is 10.1. The zero-order valence-corrected chi connectivity index (χ0v) is 14.7. The molecule has 0 saturated carbocycles. The molecule has 0 aliphatic carbocycles. The second-order valence-corrected chi connectivity index (χ2v) is 7.97. The Morgan fingerprint density at radius 1 is 1.52 bits per heavy atom. The molecule has 0 amide bonds. The van der Waals surface area contributed by atoms with Gasteiger partial charge in [-0.3, -0.25) is 0 Å². The predicted molar refractivity (Wildman–Crippen MR) is 91.0 cm³/mol. The SMILES string of the molecule is COc1ccc(C(N)C2CCOC3(CCSC3)C2)cc1Br. The summed E-state index contributed by atoms with van der Waals surface area (Å²) in [4.78, 5) is 0. The minimum Gasteiger partial charge on any atom is -0.496 e. The van der Waals surface area contributed by atoms with Crippen LogP contribution in [-0.4, -0.2) is 30.8 Å². The maximum atomic E-state index is 6.56. The van der Waals surface area contributed by atoms with Gasteiger partial charge in [0, 0.05) is 18.4 Å². The van der Waals surface area contributed by atoms with Crippen molar-refractivity contribution in [2.24, 2.45) is 11.7 Å². The van der Waals surface area contributed by atoms with Crippen LogP contribution < -0.4 is 10.5 Å². The number of nitrogens with two attached hydrogens (primary N) is 1. The summed E-state index contributed by atoms with van der Waals surface area (Å²) in [6.07, 6.45) is 3.31. The molecule has 3 atom stereocenters. The minimum absolute atomic E-state index is 0.0681. The lowest BCUT2D eigenvalue weighted by molar-refractivity contribution is -0.0834. The van der Waals surface area contributed by atoms with Gasteiger partial charge in [0.2, 0.25) is 0 Å². The van der Waals surface area contributed by atoms with Crippen LogP contribution in [0.4, 0.5) is 0 Å². The van der Waals surface area contributed by atoms with Crippen LogP contribution in [-0.2, 0) is 4.74 Å². The third-order valence-electron chi connectivity index (χ3n) is 4.67. The van der Waals surface area contributed by atoms with Gasteiger partial charge >= 0.3 is 0 Å². The van der Waals surface area contributed by atoms with E-state index in [1.165, 1.54) is 17.7 Å². The molecule has 2 N–H and O–H groups in total. The van der Waals surface area contributed by atoms with Gasteiger partial charge in [-0.25, -0.2) is 0 Å². The van der Waals surface area contributed by atoms with Crippen LogP contribution in [0.5, 0.6) is 5.75 Å². The molecule has 0 bridgehead atoms. The van der Waals surface area contributed by atoms with Crippen molar-refractivity contribution in [3.8, 4) is 5.75 Å². The van der Waals surface area contributed by atoms with E-state index >= 15 is 0 Å². The molecule has 3 rings (SSSR count). The topological polar surface area (TPSA) is 44.5 Å². The highest BCUT2D eigenvalue weighted by molar-refractivity contribution is 9.10. The zero-order valence-electron chi connectivity index (χ0n) is 12.3. The Kier molecular flexibility index (Phi) is 4.84. The van der Waals surface area contributed by atoms with Gasteiger partial charge in [-0.1, -0.05) is 6.07 Å². The fraction of sp³-hybridized carbons (Fsp3) is 0.625. The van der Waals surface area contributed by atoms with Gasteiger partial charge in [0.15, 0.2) is 0 Å². The van der Waals surface area contributed by atoms with E-state index < -0.39 is 0 Å². The molecule has 1 aromatic carbocycles. The molecule has 0 radical (unpaired) electrons. The summed E-state index contributed by atoms with van der Waals surface area (Å²) in [6, 6.07) is 6.23. The first-order valence-corrected chi connectivity index (χ1v) is 9.39. The number of thioether (sulfide) groups is 1. The van der Waals surface area contributed by atoms with Crippen molar-refractivity contribution >= 4 is 27.7 Å². The van der Waals surface area contributed by atoms with E-state index in [1.807, 2.05) is 17.8 Å². The van der Waals surface area contributed by atoms with Crippen LogP contribution in [0.3, 0.4) is 0 Å². The molecule has 116 valence electrons. The lowest BCUT2D eigenvalue weighted by Gasteiger charge is -2.40. The molecule has 1 aromatic rings. The van der Waals surface area contributed by atoms with Crippen molar-refractivity contribution in [3.05, 3.63) is 28.2 Å². The van der Waals surface area contributed by atoms with Crippen LogP contribution in [0.2, 0.25) is 0 Å². The van der Waals surface area contributed by atoms with Crippen LogP contribution in [0.15, 0.2) is 22.7 Å². The van der Waals surface area contributed by atoms with E-state index in [2.05, 4.69) is 28.1 Å². The van der Waals surface area contributed by atoms with E-state index in [0.717, 1.165) is 35.4 Å². The molecule has 3 nitrogen and oxygen atoms in total. The first kappa shape index (κ1) is 15.7. The smallest absolute Gasteiger partial charge is 0.133 e. The fourth-order valence-electron chi connectivity index (χ4n) is 3.40. The standard InChI is InChI=1S/C16H22BrNO2S/c1-19-14-3-2-11(8-13(14)17)15(18)12-4-6-20-16(9-12)5-7-21-10-16/h2-3,8,12,15H,4-7,9-10,18H2,1H3. The highest BCUT2D eigenvalue weighted by Crippen LogP contribution is 2.43. The molecule has 2 fully saturated rings. The molecule has 21 heavy (non-hydrogen) atoms. The average molecular weight is 372 g/mol. The number of rotatable bonds is 3. The van der Waals surface area contributed by atoms with Gasteiger partial charge in [-0.2, -0.15) is 11.8 Å². The van der Waals surface area contributed by atoms with Crippen LogP contribution in [0, 0.1) is 5.92 Å². The number of hydrogen-bond donors (Lipinski definition) is 1. The Morgan fingerprint density at radius 2 is 2.38 bits per heavy atom. The van der Waals surface area contributed by atoms with Gasteiger partial charge in [-0.05, 0) is 64.6 Å². The molecule has 3 unspecified atom stereocenters. The number of benzene rings is 1. The quantitative estimate of drug-likeness (QED) is 0.878. The molecule has 1 spiro atoms. The van der Waals surface area contributed by atoms with Crippen molar-refractivity contribution in [3.63, 3.8) is 0 Å². The summed E-state index contributed by atoms with van der Waals surface area (Å²) in [5, 5.41) is 0. The lowest BCUT2D eigenvalue weighted by Crippen LogP contribution is -2.42. The van der Waals surface area contributed by atoms with Crippen molar-refractivity contribution in [1.82, 2.24) is 0 Å². The maximum absolute atomic E-state index is 6.56. The van der Waals surface area contributed by atoms with Crippen LogP contribution in [0.25, 0.3) is 0 Å². The van der Waals surface area contributed by atoms with Crippen LogP contribution in [0.1, 0.15) is 30.9 Å². The predicted octanol–water partition coefficient (Wildman–Crippen LogP) is 3.76. The number of halogens is 1. The monoisotopic (exact) mass is 371 g/mol. The fourth-order valence-corrected chi connectivity index (χ4v) is 5.33.